The number of hydrogen-bond acceptors (Lipinski definition) is 6. The lowest BCUT2D eigenvalue weighted by atomic mass is 10.1. The highest BCUT2D eigenvalue weighted by Crippen LogP contribution is 2.28. The highest BCUT2D eigenvalue weighted by Gasteiger charge is 2.29. The third-order valence-corrected chi connectivity index (χ3v) is 5.99. The summed E-state index contributed by atoms with van der Waals surface area (Å²) in [7, 11) is 3.34. The number of likely N-dealkylation sites (N-methyl/N-ethyl adjacent to an activating group) is 1. The molecule has 0 spiro atoms. The minimum atomic E-state index is -3.86. The van der Waals surface area contributed by atoms with E-state index in [1.54, 1.807) is 44.4 Å². The fourth-order valence-electron chi connectivity index (χ4n) is 2.50. The Hall–Kier alpha value is -2.91. The van der Waals surface area contributed by atoms with Crippen molar-refractivity contribution in [1.82, 2.24) is 9.21 Å². The second-order valence-corrected chi connectivity index (χ2v) is 8.70. The maximum Gasteiger partial charge on any atom is 0.339 e. The zero-order valence-electron chi connectivity index (χ0n) is 16.9. The molecule has 0 saturated carbocycles. The predicted molar refractivity (Wildman–Crippen MR) is 107 cm³/mol. The maximum absolute atomic E-state index is 12.8. The topological polar surface area (TPSA) is 93.2 Å². The van der Waals surface area contributed by atoms with E-state index in [9.17, 15) is 18.0 Å². The van der Waals surface area contributed by atoms with E-state index < -0.39 is 28.0 Å². The van der Waals surface area contributed by atoms with Crippen molar-refractivity contribution in [3.63, 3.8) is 0 Å². The second kappa shape index (κ2) is 9.06. The average Bonchev–Trinajstić information content (AvgIpc) is 2.71. The van der Waals surface area contributed by atoms with Crippen LogP contribution >= 0.6 is 0 Å². The molecule has 0 bridgehead atoms. The van der Waals surface area contributed by atoms with Gasteiger partial charge in [-0.25, -0.2) is 17.5 Å². The van der Waals surface area contributed by atoms with Crippen LogP contribution in [0.4, 0.5) is 0 Å². The Bertz CT molecular complexity index is 987. The molecule has 0 aromatic heterocycles. The number of carbonyl (C=O) groups excluding carboxylic acids is 2. The fourth-order valence-corrected chi connectivity index (χ4v) is 3.58. The minimum Gasteiger partial charge on any atom is -0.495 e. The Morgan fingerprint density at radius 3 is 2.10 bits per heavy atom. The molecule has 2 aromatic carbocycles. The van der Waals surface area contributed by atoms with Gasteiger partial charge in [0.25, 0.3) is 5.91 Å². The second-order valence-electron chi connectivity index (χ2n) is 6.58. The van der Waals surface area contributed by atoms with Gasteiger partial charge in [-0.05, 0) is 18.2 Å². The molecule has 0 fully saturated rings. The molecule has 0 aliphatic carbocycles. The van der Waals surface area contributed by atoms with E-state index in [0.29, 0.717) is 5.56 Å². The van der Waals surface area contributed by atoms with E-state index >= 15 is 0 Å². The monoisotopic (exact) mass is 420 g/mol. The molecule has 0 unspecified atom stereocenters. The van der Waals surface area contributed by atoms with Gasteiger partial charge in [-0.2, -0.15) is 0 Å². The highest BCUT2D eigenvalue weighted by atomic mass is 32.2. The third kappa shape index (κ3) is 4.93. The molecular weight excluding hydrogens is 396 g/mol. The Kier molecular flexibility index (Phi) is 6.99. The first-order valence-corrected chi connectivity index (χ1v) is 10.1. The molecule has 0 radical (unpaired) electrons. The van der Waals surface area contributed by atoms with Gasteiger partial charge in [0.1, 0.15) is 10.6 Å². The van der Waals surface area contributed by atoms with E-state index in [1.165, 1.54) is 44.3 Å². The summed E-state index contributed by atoms with van der Waals surface area (Å²) in [6.45, 7) is 0. The minimum absolute atomic E-state index is 0.0151. The molecule has 0 heterocycles. The van der Waals surface area contributed by atoms with Crippen LogP contribution in [0.2, 0.25) is 0 Å². The van der Waals surface area contributed by atoms with Crippen LogP contribution in [0.15, 0.2) is 53.4 Å². The smallest absolute Gasteiger partial charge is 0.339 e. The van der Waals surface area contributed by atoms with Crippen LogP contribution in [0.5, 0.6) is 5.75 Å². The highest BCUT2D eigenvalue weighted by molar-refractivity contribution is 7.89. The van der Waals surface area contributed by atoms with Crippen molar-refractivity contribution >= 4 is 21.9 Å². The van der Waals surface area contributed by atoms with Crippen LogP contribution in [0.1, 0.15) is 22.0 Å². The number of methoxy groups -OCH3 is 1. The van der Waals surface area contributed by atoms with Gasteiger partial charge < -0.3 is 14.4 Å². The lowest BCUT2D eigenvalue weighted by Crippen LogP contribution is -2.31. The van der Waals surface area contributed by atoms with Crippen LogP contribution in [0.25, 0.3) is 0 Å². The van der Waals surface area contributed by atoms with Gasteiger partial charge in [0.15, 0.2) is 0 Å². The Balaban J connectivity index is 2.44. The van der Waals surface area contributed by atoms with Gasteiger partial charge in [0, 0.05) is 33.8 Å². The molecule has 1 amide bonds. The molecule has 0 aliphatic rings. The van der Waals surface area contributed by atoms with Gasteiger partial charge in [-0.1, -0.05) is 30.3 Å². The van der Waals surface area contributed by atoms with Crippen LogP contribution in [0.3, 0.4) is 0 Å². The summed E-state index contributed by atoms with van der Waals surface area (Å²) < 4.78 is 36.7. The molecule has 2 aromatic rings. The normalized spacial score (nSPS) is 12.3. The van der Waals surface area contributed by atoms with E-state index in [-0.39, 0.29) is 16.2 Å². The molecule has 29 heavy (non-hydrogen) atoms. The van der Waals surface area contributed by atoms with E-state index in [2.05, 4.69) is 0 Å². The molecule has 0 saturated heterocycles. The first kappa shape index (κ1) is 22.4. The first-order chi connectivity index (χ1) is 13.6. The summed E-state index contributed by atoms with van der Waals surface area (Å²) in [5.74, 6) is -1.15. The zero-order valence-corrected chi connectivity index (χ0v) is 17.8. The van der Waals surface area contributed by atoms with Crippen molar-refractivity contribution in [2.24, 2.45) is 0 Å². The molecule has 156 valence electrons. The molecule has 9 heteroatoms. The van der Waals surface area contributed by atoms with E-state index in [4.69, 9.17) is 9.47 Å². The van der Waals surface area contributed by atoms with Crippen molar-refractivity contribution in [3.8, 4) is 5.75 Å². The number of amides is 1. The third-order valence-electron chi connectivity index (χ3n) is 4.15. The summed E-state index contributed by atoms with van der Waals surface area (Å²) in [6, 6.07) is 12.5. The largest absolute Gasteiger partial charge is 0.495 e. The number of ether oxygens (including phenoxy) is 2. The zero-order chi connectivity index (χ0) is 21.8. The van der Waals surface area contributed by atoms with Crippen molar-refractivity contribution in [2.75, 3.05) is 35.3 Å². The quantitative estimate of drug-likeness (QED) is 0.636. The summed E-state index contributed by atoms with van der Waals surface area (Å²) in [6.07, 6.45) is -1.16. The number of carbonyl (C=O) groups is 2. The predicted octanol–water partition coefficient (Wildman–Crippen LogP) is 1.93. The summed E-state index contributed by atoms with van der Waals surface area (Å²) in [5, 5.41) is 0. The number of esters is 1. The number of rotatable bonds is 7. The Morgan fingerprint density at radius 2 is 1.59 bits per heavy atom. The van der Waals surface area contributed by atoms with E-state index in [0.717, 1.165) is 4.31 Å². The van der Waals surface area contributed by atoms with Crippen molar-refractivity contribution in [3.05, 3.63) is 59.7 Å². The summed E-state index contributed by atoms with van der Waals surface area (Å²) >= 11 is 0. The Morgan fingerprint density at radius 1 is 0.966 bits per heavy atom. The van der Waals surface area contributed by atoms with Crippen molar-refractivity contribution in [1.29, 1.82) is 0 Å². The van der Waals surface area contributed by atoms with Gasteiger partial charge in [-0.3, -0.25) is 4.79 Å². The standard InChI is InChI=1S/C20H24N2O6S/c1-21(2)19(23)18(14-9-7-6-8-10-14)28-20(24)15-11-12-16(27-5)17(13-15)29(25,26)22(3)4/h6-13,18H,1-5H3/t18-/m0/s1. The Labute approximate surface area is 170 Å². The number of sulfonamides is 1. The number of nitrogens with zero attached hydrogens (tertiary/aromatic N) is 2. The van der Waals surface area contributed by atoms with Crippen LogP contribution in [0, 0.1) is 0 Å². The van der Waals surface area contributed by atoms with Gasteiger partial charge >= 0.3 is 5.97 Å². The first-order valence-electron chi connectivity index (χ1n) is 8.67. The van der Waals surface area contributed by atoms with Crippen molar-refractivity contribution < 1.29 is 27.5 Å². The fraction of sp³-hybridized carbons (Fsp3) is 0.300. The summed E-state index contributed by atoms with van der Waals surface area (Å²) in [4.78, 5) is 26.5. The lowest BCUT2D eigenvalue weighted by molar-refractivity contribution is -0.138. The number of hydrogen-bond donors (Lipinski definition) is 0. The lowest BCUT2D eigenvalue weighted by Gasteiger charge is -2.21. The van der Waals surface area contributed by atoms with Crippen molar-refractivity contribution in [2.45, 2.75) is 11.0 Å². The summed E-state index contributed by atoms with van der Waals surface area (Å²) in [5.41, 5.74) is 0.493. The van der Waals surface area contributed by atoms with Crippen LogP contribution in [-0.2, 0) is 19.6 Å². The molecule has 0 aliphatic heterocycles. The molecule has 1 atom stereocenters. The van der Waals surface area contributed by atoms with Gasteiger partial charge in [0.05, 0.1) is 12.7 Å². The maximum atomic E-state index is 12.8. The van der Waals surface area contributed by atoms with Gasteiger partial charge in [-0.15, -0.1) is 0 Å². The van der Waals surface area contributed by atoms with E-state index in [1.807, 2.05) is 0 Å². The average molecular weight is 420 g/mol. The number of benzene rings is 2. The molecule has 2 rings (SSSR count). The molecule has 8 nitrogen and oxygen atoms in total. The SMILES string of the molecule is COc1ccc(C(=O)O[C@H](C(=O)N(C)C)c2ccccc2)cc1S(=O)(=O)N(C)C. The molecule has 0 N–H and O–H groups in total. The van der Waals surface area contributed by atoms with Crippen LogP contribution in [-0.4, -0.2) is 64.8 Å². The van der Waals surface area contributed by atoms with Gasteiger partial charge in [0.2, 0.25) is 16.1 Å². The molecular formula is C20H24N2O6S. The van der Waals surface area contributed by atoms with Crippen LogP contribution < -0.4 is 4.74 Å².